The second-order valence-electron chi connectivity index (χ2n) is 5.37. The fraction of sp³-hybridized carbons (Fsp3) is 0.929. The molecule has 0 unspecified atom stereocenters. The summed E-state index contributed by atoms with van der Waals surface area (Å²) in [6.45, 7) is 9.17. The number of aliphatic imine (C=N–C) groups is 1. The molecule has 0 bridgehead atoms. The molecular formula is C14H33IN4O3S. The lowest BCUT2D eigenvalue weighted by Crippen LogP contribution is -2.40. The first-order valence-corrected chi connectivity index (χ1v) is 9.56. The summed E-state index contributed by atoms with van der Waals surface area (Å²) < 4.78 is 30.5. The third kappa shape index (κ3) is 16.5. The molecule has 0 fully saturated rings. The van der Waals surface area contributed by atoms with Crippen molar-refractivity contribution in [3.63, 3.8) is 0 Å². The van der Waals surface area contributed by atoms with Gasteiger partial charge in [0.25, 0.3) is 0 Å². The molecule has 0 amide bonds. The minimum absolute atomic E-state index is 0. The summed E-state index contributed by atoms with van der Waals surface area (Å²) in [7, 11) is -1.39. The predicted molar refractivity (Wildman–Crippen MR) is 107 cm³/mol. The van der Waals surface area contributed by atoms with Gasteiger partial charge in [0, 0.05) is 33.3 Å². The van der Waals surface area contributed by atoms with Crippen LogP contribution in [0.1, 0.15) is 33.6 Å². The molecule has 140 valence electrons. The zero-order chi connectivity index (χ0) is 16.8. The van der Waals surface area contributed by atoms with E-state index in [-0.39, 0.29) is 29.7 Å². The number of hydrogen-bond acceptors (Lipinski definition) is 4. The van der Waals surface area contributed by atoms with E-state index < -0.39 is 10.0 Å². The molecular weight excluding hydrogens is 431 g/mol. The van der Waals surface area contributed by atoms with E-state index in [4.69, 9.17) is 4.74 Å². The normalized spacial score (nSPS) is 12.1. The maximum Gasteiger partial charge on any atom is 0.211 e. The lowest BCUT2D eigenvalue weighted by atomic mass is 10.1. The third-order valence-electron chi connectivity index (χ3n) is 2.95. The summed E-state index contributed by atoms with van der Waals surface area (Å²) in [4.78, 5) is 4.10. The average Bonchev–Trinajstić information content (AvgIpc) is 2.47. The number of halogens is 1. The SMILES string of the molecule is CCS(=O)(=O)NCCCNC(=NC)NCCOCCC(C)C.I. The number of sulfonamides is 1. The molecule has 3 N–H and O–H groups in total. The van der Waals surface area contributed by atoms with E-state index in [2.05, 4.69) is 34.2 Å². The fourth-order valence-corrected chi connectivity index (χ4v) is 2.17. The van der Waals surface area contributed by atoms with E-state index in [9.17, 15) is 8.42 Å². The van der Waals surface area contributed by atoms with E-state index >= 15 is 0 Å². The monoisotopic (exact) mass is 464 g/mol. The summed E-state index contributed by atoms with van der Waals surface area (Å²) >= 11 is 0. The number of guanidine groups is 1. The highest BCUT2D eigenvalue weighted by atomic mass is 127. The molecule has 0 spiro atoms. The zero-order valence-corrected chi connectivity index (χ0v) is 17.9. The summed E-state index contributed by atoms with van der Waals surface area (Å²) in [5.74, 6) is 1.47. The van der Waals surface area contributed by atoms with Gasteiger partial charge in [-0.2, -0.15) is 0 Å². The topological polar surface area (TPSA) is 91.8 Å². The van der Waals surface area contributed by atoms with Gasteiger partial charge in [-0.3, -0.25) is 4.99 Å². The summed E-state index contributed by atoms with van der Waals surface area (Å²) in [6.07, 6.45) is 1.77. The molecule has 0 aromatic carbocycles. The molecule has 0 saturated carbocycles. The minimum Gasteiger partial charge on any atom is -0.380 e. The maximum absolute atomic E-state index is 11.2. The van der Waals surface area contributed by atoms with E-state index in [1.165, 1.54) is 0 Å². The van der Waals surface area contributed by atoms with Crippen molar-refractivity contribution in [2.45, 2.75) is 33.6 Å². The van der Waals surface area contributed by atoms with Crippen LogP contribution < -0.4 is 15.4 Å². The molecule has 0 aromatic rings. The van der Waals surface area contributed by atoms with Gasteiger partial charge in [0.1, 0.15) is 0 Å². The quantitative estimate of drug-likeness (QED) is 0.175. The van der Waals surface area contributed by atoms with Gasteiger partial charge in [-0.1, -0.05) is 13.8 Å². The van der Waals surface area contributed by atoms with Crippen LogP contribution >= 0.6 is 24.0 Å². The Kier molecular flexibility index (Phi) is 16.8. The molecule has 0 rings (SSSR count). The second kappa shape index (κ2) is 15.4. The first-order valence-electron chi connectivity index (χ1n) is 7.91. The first-order chi connectivity index (χ1) is 10.4. The molecule has 0 aromatic heterocycles. The fourth-order valence-electron chi connectivity index (χ4n) is 1.51. The number of hydrogen-bond donors (Lipinski definition) is 3. The van der Waals surface area contributed by atoms with Crippen LogP contribution in [-0.4, -0.2) is 60.0 Å². The molecule has 0 saturated heterocycles. The van der Waals surface area contributed by atoms with E-state index in [0.29, 0.717) is 44.5 Å². The molecule has 7 nitrogen and oxygen atoms in total. The van der Waals surface area contributed by atoms with Crippen LogP contribution in [-0.2, 0) is 14.8 Å². The van der Waals surface area contributed by atoms with Crippen molar-refractivity contribution in [2.75, 3.05) is 45.6 Å². The van der Waals surface area contributed by atoms with Crippen LogP contribution in [0, 0.1) is 5.92 Å². The molecule has 0 heterocycles. The predicted octanol–water partition coefficient (Wildman–Crippen LogP) is 1.16. The highest BCUT2D eigenvalue weighted by Gasteiger charge is 2.04. The Morgan fingerprint density at radius 2 is 1.78 bits per heavy atom. The largest absolute Gasteiger partial charge is 0.380 e. The van der Waals surface area contributed by atoms with Crippen molar-refractivity contribution >= 4 is 40.0 Å². The van der Waals surface area contributed by atoms with Crippen LogP contribution in [0.2, 0.25) is 0 Å². The Bertz CT molecular complexity index is 403. The molecule has 0 atom stereocenters. The van der Waals surface area contributed by atoms with Crippen LogP contribution in [0.5, 0.6) is 0 Å². The standard InChI is InChI=1S/C14H32N4O3S.HI/c1-5-22(19,20)18-9-6-8-16-14(15-4)17-10-12-21-11-7-13(2)3;/h13,18H,5-12H2,1-4H3,(H2,15,16,17);1H. The highest BCUT2D eigenvalue weighted by Crippen LogP contribution is 1.98. The average molecular weight is 464 g/mol. The Morgan fingerprint density at radius 1 is 1.13 bits per heavy atom. The van der Waals surface area contributed by atoms with Crippen LogP contribution in [0.15, 0.2) is 4.99 Å². The Balaban J connectivity index is 0. The summed E-state index contributed by atoms with van der Waals surface area (Å²) in [6, 6.07) is 0. The van der Waals surface area contributed by atoms with Gasteiger partial charge >= 0.3 is 0 Å². The van der Waals surface area contributed by atoms with Crippen LogP contribution in [0.4, 0.5) is 0 Å². The second-order valence-corrected chi connectivity index (χ2v) is 7.47. The minimum atomic E-state index is -3.10. The van der Waals surface area contributed by atoms with E-state index in [1.54, 1.807) is 14.0 Å². The van der Waals surface area contributed by atoms with Gasteiger partial charge < -0.3 is 15.4 Å². The summed E-state index contributed by atoms with van der Waals surface area (Å²) in [5, 5.41) is 6.28. The van der Waals surface area contributed by atoms with Gasteiger partial charge in [0.15, 0.2) is 5.96 Å². The smallest absolute Gasteiger partial charge is 0.211 e. The van der Waals surface area contributed by atoms with Crippen molar-refractivity contribution in [3.8, 4) is 0 Å². The zero-order valence-electron chi connectivity index (χ0n) is 14.7. The highest BCUT2D eigenvalue weighted by molar-refractivity contribution is 14.0. The van der Waals surface area contributed by atoms with E-state index in [1.807, 2.05) is 0 Å². The lowest BCUT2D eigenvalue weighted by Gasteiger charge is -2.12. The van der Waals surface area contributed by atoms with Crippen molar-refractivity contribution in [1.82, 2.24) is 15.4 Å². The molecule has 0 aliphatic rings. The van der Waals surface area contributed by atoms with Gasteiger partial charge in [-0.15, -0.1) is 24.0 Å². The number of nitrogens with zero attached hydrogens (tertiary/aromatic N) is 1. The van der Waals surface area contributed by atoms with Crippen LogP contribution in [0.25, 0.3) is 0 Å². The van der Waals surface area contributed by atoms with Crippen LogP contribution in [0.3, 0.4) is 0 Å². The molecule has 0 aliphatic carbocycles. The van der Waals surface area contributed by atoms with Crippen molar-refractivity contribution in [3.05, 3.63) is 0 Å². The third-order valence-corrected chi connectivity index (χ3v) is 4.35. The Hall–Kier alpha value is -0.130. The number of rotatable bonds is 12. The van der Waals surface area contributed by atoms with Crippen molar-refractivity contribution in [1.29, 1.82) is 0 Å². The number of ether oxygens (including phenoxy) is 1. The Morgan fingerprint density at radius 3 is 2.35 bits per heavy atom. The molecule has 0 aliphatic heterocycles. The molecule has 23 heavy (non-hydrogen) atoms. The van der Waals surface area contributed by atoms with Crippen molar-refractivity contribution < 1.29 is 13.2 Å². The van der Waals surface area contributed by atoms with Gasteiger partial charge in [0.05, 0.1) is 12.4 Å². The summed E-state index contributed by atoms with van der Waals surface area (Å²) in [5.41, 5.74) is 0. The maximum atomic E-state index is 11.2. The van der Waals surface area contributed by atoms with Gasteiger partial charge in [0.2, 0.25) is 10.0 Å². The lowest BCUT2D eigenvalue weighted by molar-refractivity contribution is 0.128. The van der Waals surface area contributed by atoms with E-state index in [0.717, 1.165) is 13.0 Å². The van der Waals surface area contributed by atoms with Crippen molar-refractivity contribution in [2.24, 2.45) is 10.9 Å². The number of nitrogens with one attached hydrogen (secondary N) is 3. The first kappa shape index (κ1) is 25.1. The molecule has 9 heteroatoms. The van der Waals surface area contributed by atoms with Gasteiger partial charge in [-0.05, 0) is 25.7 Å². The molecule has 0 radical (unpaired) electrons. The Labute approximate surface area is 158 Å². The van der Waals surface area contributed by atoms with Gasteiger partial charge in [-0.25, -0.2) is 13.1 Å².